The van der Waals surface area contributed by atoms with E-state index in [-0.39, 0.29) is 5.02 Å². The number of halogens is 2. The molecule has 0 aliphatic rings. The van der Waals surface area contributed by atoms with Gasteiger partial charge >= 0.3 is 0 Å². The first-order valence-electron chi connectivity index (χ1n) is 5.53. The van der Waals surface area contributed by atoms with Gasteiger partial charge in [0.15, 0.2) is 0 Å². The molecule has 94 valence electrons. The van der Waals surface area contributed by atoms with Gasteiger partial charge in [0.2, 0.25) is 0 Å². The van der Waals surface area contributed by atoms with Crippen LogP contribution in [0.2, 0.25) is 5.02 Å². The van der Waals surface area contributed by atoms with Gasteiger partial charge in [0.05, 0.1) is 28.2 Å². The molecule has 0 amide bonds. The number of nitrogens with zero attached hydrogens (tertiary/aromatic N) is 3. The summed E-state index contributed by atoms with van der Waals surface area (Å²) in [5.74, 6) is -0.476. The molecule has 0 saturated carbocycles. The lowest BCUT2D eigenvalue weighted by molar-refractivity contribution is 0.627. The molecular formula is C13H13ClFN3. The zero-order valence-corrected chi connectivity index (χ0v) is 11.2. The minimum atomic E-state index is -0.476. The second kappa shape index (κ2) is 6.18. The van der Waals surface area contributed by atoms with Crippen molar-refractivity contribution in [3.63, 3.8) is 0 Å². The summed E-state index contributed by atoms with van der Waals surface area (Å²) in [7, 11) is 0. The Bertz CT molecular complexity index is 584. The minimum Gasteiger partial charge on any atom is -0.237 e. The molecule has 0 radical (unpaired) electrons. The van der Waals surface area contributed by atoms with Gasteiger partial charge < -0.3 is 0 Å². The Balaban J connectivity index is 0.000000771. The molecule has 2 rings (SSSR count). The zero-order chi connectivity index (χ0) is 13.7. The summed E-state index contributed by atoms with van der Waals surface area (Å²) < 4.78 is 14.5. The van der Waals surface area contributed by atoms with Crippen molar-refractivity contribution in [1.82, 2.24) is 9.78 Å². The van der Waals surface area contributed by atoms with Crippen molar-refractivity contribution in [3.05, 3.63) is 46.5 Å². The van der Waals surface area contributed by atoms with Gasteiger partial charge in [-0.2, -0.15) is 10.4 Å². The molecule has 0 aliphatic carbocycles. The average molecular weight is 266 g/mol. The van der Waals surface area contributed by atoms with Crippen molar-refractivity contribution in [1.29, 1.82) is 5.26 Å². The van der Waals surface area contributed by atoms with Crippen LogP contribution in [-0.4, -0.2) is 9.78 Å². The summed E-state index contributed by atoms with van der Waals surface area (Å²) in [4.78, 5) is 0. The van der Waals surface area contributed by atoms with E-state index >= 15 is 0 Å². The number of rotatable bonds is 1. The Labute approximate surface area is 110 Å². The molecule has 2 aromatic rings. The smallest absolute Gasteiger partial charge is 0.141 e. The normalized spacial score (nSPS) is 9.33. The van der Waals surface area contributed by atoms with Crippen molar-refractivity contribution in [2.24, 2.45) is 0 Å². The third-order valence-electron chi connectivity index (χ3n) is 2.28. The van der Waals surface area contributed by atoms with E-state index in [4.69, 9.17) is 16.9 Å². The van der Waals surface area contributed by atoms with E-state index in [2.05, 4.69) is 5.10 Å². The molecule has 0 unspecified atom stereocenters. The van der Waals surface area contributed by atoms with Crippen molar-refractivity contribution < 1.29 is 4.39 Å². The first kappa shape index (κ1) is 14.2. The van der Waals surface area contributed by atoms with Crippen LogP contribution >= 0.6 is 11.6 Å². The van der Waals surface area contributed by atoms with Gasteiger partial charge in [0, 0.05) is 0 Å². The van der Waals surface area contributed by atoms with E-state index in [0.29, 0.717) is 16.9 Å². The van der Waals surface area contributed by atoms with E-state index in [1.165, 1.54) is 18.3 Å². The highest BCUT2D eigenvalue weighted by Crippen LogP contribution is 2.20. The highest BCUT2D eigenvalue weighted by molar-refractivity contribution is 6.30. The summed E-state index contributed by atoms with van der Waals surface area (Å²) in [6.07, 6.45) is 1.46. The number of aromatic nitrogens is 2. The molecule has 0 atom stereocenters. The summed E-state index contributed by atoms with van der Waals surface area (Å²) in [6, 6.07) is 6.32. The topological polar surface area (TPSA) is 41.6 Å². The Hall–Kier alpha value is -1.86. The molecule has 18 heavy (non-hydrogen) atoms. The largest absolute Gasteiger partial charge is 0.237 e. The van der Waals surface area contributed by atoms with Gasteiger partial charge in [-0.3, -0.25) is 0 Å². The molecule has 1 aromatic heterocycles. The first-order valence-corrected chi connectivity index (χ1v) is 5.91. The quantitative estimate of drug-likeness (QED) is 0.785. The maximum absolute atomic E-state index is 13.0. The lowest BCUT2D eigenvalue weighted by atomic mass is 10.2. The van der Waals surface area contributed by atoms with Gasteiger partial charge in [-0.05, 0) is 25.1 Å². The molecule has 3 nitrogen and oxygen atoms in total. The summed E-state index contributed by atoms with van der Waals surface area (Å²) in [6.45, 7) is 5.77. The molecule has 0 saturated heterocycles. The van der Waals surface area contributed by atoms with Crippen LogP contribution in [0.15, 0.2) is 24.4 Å². The van der Waals surface area contributed by atoms with E-state index in [1.54, 1.807) is 17.7 Å². The van der Waals surface area contributed by atoms with Crippen LogP contribution in [0.5, 0.6) is 0 Å². The molecule has 1 aromatic carbocycles. The fourth-order valence-electron chi connectivity index (χ4n) is 1.40. The summed E-state index contributed by atoms with van der Waals surface area (Å²) in [5.41, 5.74) is 1.82. The molecule has 0 fully saturated rings. The molecule has 5 heteroatoms. The third-order valence-corrected chi connectivity index (χ3v) is 2.57. The minimum absolute atomic E-state index is 0.0332. The van der Waals surface area contributed by atoms with Crippen LogP contribution in [0.3, 0.4) is 0 Å². The molecule has 0 spiro atoms. The number of nitriles is 1. The van der Waals surface area contributed by atoms with Crippen LogP contribution in [-0.2, 0) is 0 Å². The fourth-order valence-corrected chi connectivity index (χ4v) is 1.57. The van der Waals surface area contributed by atoms with E-state index in [9.17, 15) is 4.39 Å². The third kappa shape index (κ3) is 2.69. The van der Waals surface area contributed by atoms with Gasteiger partial charge in [0.25, 0.3) is 0 Å². The van der Waals surface area contributed by atoms with E-state index in [0.717, 1.165) is 0 Å². The molecule has 0 aliphatic heterocycles. The zero-order valence-electron chi connectivity index (χ0n) is 10.4. The van der Waals surface area contributed by atoms with Crippen LogP contribution in [0.25, 0.3) is 5.69 Å². The molecular weight excluding hydrogens is 253 g/mol. The summed E-state index contributed by atoms with van der Waals surface area (Å²) >= 11 is 5.68. The van der Waals surface area contributed by atoms with Gasteiger partial charge in [-0.25, -0.2) is 9.07 Å². The Morgan fingerprint density at radius 2 is 2.06 bits per heavy atom. The number of benzene rings is 1. The van der Waals surface area contributed by atoms with Gasteiger partial charge in [-0.1, -0.05) is 25.4 Å². The maximum Gasteiger partial charge on any atom is 0.141 e. The SMILES string of the molecule is CC.Cc1c(C#N)cnn1-c1ccc(F)c(Cl)c1. The first-order chi connectivity index (χ1) is 8.63. The highest BCUT2D eigenvalue weighted by atomic mass is 35.5. The van der Waals surface area contributed by atoms with E-state index in [1.807, 2.05) is 19.9 Å². The average Bonchev–Trinajstić information content (AvgIpc) is 2.76. The van der Waals surface area contributed by atoms with Gasteiger partial charge in [-0.15, -0.1) is 0 Å². The van der Waals surface area contributed by atoms with Crippen molar-refractivity contribution in [3.8, 4) is 11.8 Å². The fraction of sp³-hybridized carbons (Fsp3) is 0.231. The van der Waals surface area contributed by atoms with Crippen LogP contribution in [0, 0.1) is 24.1 Å². The van der Waals surface area contributed by atoms with Crippen molar-refractivity contribution in [2.45, 2.75) is 20.8 Å². The number of hydrogen-bond donors (Lipinski definition) is 0. The van der Waals surface area contributed by atoms with Crippen LogP contribution in [0.1, 0.15) is 25.1 Å². The lowest BCUT2D eigenvalue weighted by Gasteiger charge is -2.04. The monoisotopic (exact) mass is 265 g/mol. The predicted octanol–water partition coefficient (Wildman–Crippen LogP) is 3.87. The van der Waals surface area contributed by atoms with Crippen molar-refractivity contribution in [2.75, 3.05) is 0 Å². The summed E-state index contributed by atoms with van der Waals surface area (Å²) in [5, 5.41) is 12.9. The second-order valence-electron chi connectivity index (χ2n) is 3.27. The Morgan fingerprint density at radius 1 is 1.39 bits per heavy atom. The van der Waals surface area contributed by atoms with E-state index < -0.39 is 5.82 Å². The van der Waals surface area contributed by atoms with Crippen molar-refractivity contribution >= 4 is 11.6 Å². The molecule has 1 heterocycles. The highest BCUT2D eigenvalue weighted by Gasteiger charge is 2.09. The Morgan fingerprint density at radius 3 is 2.56 bits per heavy atom. The lowest BCUT2D eigenvalue weighted by Crippen LogP contribution is -1.99. The van der Waals surface area contributed by atoms with Gasteiger partial charge in [0.1, 0.15) is 11.9 Å². The number of hydrogen-bond acceptors (Lipinski definition) is 2. The predicted molar refractivity (Wildman–Crippen MR) is 69.3 cm³/mol. The van der Waals surface area contributed by atoms with Crippen LogP contribution < -0.4 is 0 Å². The standard InChI is InChI=1S/C11H7ClFN3.C2H6/c1-7-8(5-14)6-15-16(7)9-2-3-11(13)10(12)4-9;1-2/h2-4,6H,1H3;1-2H3. The molecule has 0 bridgehead atoms. The van der Waals surface area contributed by atoms with Crippen LogP contribution in [0.4, 0.5) is 4.39 Å². The second-order valence-corrected chi connectivity index (χ2v) is 3.67. The maximum atomic E-state index is 13.0. The Kier molecular flexibility index (Phi) is 4.87. The molecule has 0 N–H and O–H groups in total.